The summed E-state index contributed by atoms with van der Waals surface area (Å²) in [6.45, 7) is 1.44. The summed E-state index contributed by atoms with van der Waals surface area (Å²) < 4.78 is -0.223. The second-order valence-corrected chi connectivity index (χ2v) is 6.34. The van der Waals surface area contributed by atoms with Crippen molar-refractivity contribution < 1.29 is 14.7 Å². The van der Waals surface area contributed by atoms with E-state index in [1.54, 1.807) is 0 Å². The first-order valence-electron chi connectivity index (χ1n) is 5.41. The van der Waals surface area contributed by atoms with Gasteiger partial charge in [0, 0.05) is 17.3 Å². The first-order chi connectivity index (χ1) is 8.59. The lowest BCUT2D eigenvalue weighted by Gasteiger charge is -2.21. The van der Waals surface area contributed by atoms with Crippen molar-refractivity contribution in [3.63, 3.8) is 0 Å². The molecule has 0 bridgehead atoms. The fraction of sp³-hybridized carbons (Fsp3) is 0.333. The summed E-state index contributed by atoms with van der Waals surface area (Å²) in [4.78, 5) is 23.5. The minimum absolute atomic E-state index is 0.0651. The quantitative estimate of drug-likeness (QED) is 0.828. The van der Waals surface area contributed by atoms with E-state index in [-0.39, 0.29) is 27.5 Å². The largest absolute Gasteiger partial charge is 0.507 e. The van der Waals surface area contributed by atoms with Crippen molar-refractivity contribution in [2.24, 2.45) is 0 Å². The number of rotatable bonds is 3. The normalized spacial score (nSPS) is 16.5. The minimum atomic E-state index is -0.223. The van der Waals surface area contributed by atoms with Gasteiger partial charge in [0.1, 0.15) is 10.3 Å². The van der Waals surface area contributed by atoms with Crippen molar-refractivity contribution in [2.45, 2.75) is 11.5 Å². The fourth-order valence-electron chi connectivity index (χ4n) is 1.59. The number of phenolic OH excluding ortho intramolecular Hbond substituents is 1. The van der Waals surface area contributed by atoms with Crippen LogP contribution in [0.15, 0.2) is 18.2 Å². The number of carbonyl (C=O) groups excluding carboxylic acids is 2. The Bertz CT molecular complexity index is 484. The number of hydrogen-bond donors (Lipinski definition) is 2. The molecule has 1 aromatic rings. The predicted molar refractivity (Wildman–Crippen MR) is 74.3 cm³/mol. The van der Waals surface area contributed by atoms with E-state index in [1.165, 1.54) is 48.6 Å². The monoisotopic (exact) mass is 283 g/mol. The van der Waals surface area contributed by atoms with Crippen LogP contribution in [0.2, 0.25) is 0 Å². The molecule has 1 aliphatic rings. The maximum Gasteiger partial charge on any atom is 0.189 e. The second-order valence-electron chi connectivity index (χ2n) is 3.86. The molecule has 0 aliphatic carbocycles. The van der Waals surface area contributed by atoms with Gasteiger partial charge in [-0.05, 0) is 25.1 Å². The molecule has 2 N–H and O–H groups in total. The van der Waals surface area contributed by atoms with Gasteiger partial charge in [-0.15, -0.1) is 23.5 Å². The molecular formula is C12H13NO3S2. The Hall–Kier alpha value is -0.980. The average molecular weight is 283 g/mol. The van der Waals surface area contributed by atoms with Crippen LogP contribution in [0, 0.1) is 0 Å². The third kappa shape index (κ3) is 2.88. The highest BCUT2D eigenvalue weighted by atomic mass is 32.2. The Kier molecular flexibility index (Phi) is 4.31. The number of nitrogens with one attached hydrogen (secondary N) is 1. The minimum Gasteiger partial charge on any atom is -0.507 e. The van der Waals surface area contributed by atoms with Crippen molar-refractivity contribution in [3.8, 4) is 5.75 Å². The Morgan fingerprint density at radius 3 is 2.61 bits per heavy atom. The summed E-state index contributed by atoms with van der Waals surface area (Å²) in [5.41, 5.74) is 0.676. The van der Waals surface area contributed by atoms with Gasteiger partial charge < -0.3 is 5.11 Å². The van der Waals surface area contributed by atoms with Crippen molar-refractivity contribution in [1.29, 1.82) is 0 Å². The molecule has 6 heteroatoms. The summed E-state index contributed by atoms with van der Waals surface area (Å²) in [6, 6.07) is 4.40. The lowest BCUT2D eigenvalue weighted by Crippen LogP contribution is -2.27. The van der Waals surface area contributed by atoms with Gasteiger partial charge >= 0.3 is 0 Å². The van der Waals surface area contributed by atoms with Gasteiger partial charge in [-0.25, -0.2) is 0 Å². The smallest absolute Gasteiger partial charge is 0.189 e. The number of ketones is 2. The zero-order chi connectivity index (χ0) is 13.1. The van der Waals surface area contributed by atoms with E-state index in [4.69, 9.17) is 0 Å². The van der Waals surface area contributed by atoms with E-state index in [0.29, 0.717) is 5.56 Å². The molecule has 0 unspecified atom stereocenters. The molecule has 1 fully saturated rings. The zero-order valence-electron chi connectivity index (χ0n) is 9.80. The van der Waals surface area contributed by atoms with Crippen molar-refractivity contribution >= 4 is 35.1 Å². The van der Waals surface area contributed by atoms with Crippen LogP contribution >= 0.6 is 23.5 Å². The number of thioether (sulfide) groups is 2. The van der Waals surface area contributed by atoms with Crippen molar-refractivity contribution in [3.05, 3.63) is 29.3 Å². The summed E-state index contributed by atoms with van der Waals surface area (Å²) in [7, 11) is 0. The number of phenols is 1. The molecule has 0 atom stereocenters. The maximum atomic E-state index is 12.3. The van der Waals surface area contributed by atoms with Crippen LogP contribution < -0.4 is 5.32 Å². The van der Waals surface area contributed by atoms with Crippen molar-refractivity contribution in [1.82, 2.24) is 5.32 Å². The molecule has 0 saturated carbocycles. The molecule has 18 heavy (non-hydrogen) atoms. The van der Waals surface area contributed by atoms with E-state index in [1.807, 2.05) is 0 Å². The molecule has 0 radical (unpaired) electrons. The van der Waals surface area contributed by atoms with Gasteiger partial charge in [-0.2, -0.15) is 0 Å². The van der Waals surface area contributed by atoms with E-state index < -0.39 is 0 Å². The molecule has 96 valence electrons. The van der Waals surface area contributed by atoms with E-state index in [9.17, 15) is 14.7 Å². The van der Waals surface area contributed by atoms with Crippen LogP contribution in [0.1, 0.15) is 27.6 Å². The molecule has 1 saturated heterocycles. The van der Waals surface area contributed by atoms with Gasteiger partial charge in [0.05, 0.1) is 5.56 Å². The molecule has 1 heterocycles. The standard InChI is InChI=1S/C12H13NO3S2/c1-7(14)8-2-3-10(15)9(4-8)11(16)12-17-5-13-6-18-12/h2-4,12-13,15H,5-6H2,1H3. The van der Waals surface area contributed by atoms with Gasteiger partial charge in [0.2, 0.25) is 0 Å². The lowest BCUT2D eigenvalue weighted by molar-refractivity contribution is 0.101. The Morgan fingerprint density at radius 1 is 1.33 bits per heavy atom. The summed E-state index contributed by atoms with van der Waals surface area (Å²) in [5.74, 6) is 1.12. The number of hydrogen-bond acceptors (Lipinski definition) is 6. The third-order valence-corrected chi connectivity index (χ3v) is 5.15. The summed E-state index contributed by atoms with van der Waals surface area (Å²) in [5, 5.41) is 12.9. The first-order valence-corrected chi connectivity index (χ1v) is 7.51. The summed E-state index contributed by atoms with van der Waals surface area (Å²) in [6.07, 6.45) is 0. The highest BCUT2D eigenvalue weighted by Crippen LogP contribution is 2.32. The second kappa shape index (κ2) is 5.77. The highest BCUT2D eigenvalue weighted by molar-refractivity contribution is 8.18. The molecule has 1 aromatic carbocycles. The third-order valence-electron chi connectivity index (χ3n) is 2.56. The number of benzene rings is 1. The molecule has 1 aliphatic heterocycles. The van der Waals surface area contributed by atoms with Gasteiger partial charge in [0.15, 0.2) is 11.6 Å². The Morgan fingerprint density at radius 2 is 2.00 bits per heavy atom. The number of carbonyl (C=O) groups is 2. The van der Waals surface area contributed by atoms with E-state index in [2.05, 4.69) is 5.32 Å². The zero-order valence-corrected chi connectivity index (χ0v) is 11.4. The number of aromatic hydroxyl groups is 1. The van der Waals surface area contributed by atoms with Gasteiger partial charge in [-0.3, -0.25) is 14.9 Å². The molecule has 0 spiro atoms. The van der Waals surface area contributed by atoms with E-state index >= 15 is 0 Å². The lowest BCUT2D eigenvalue weighted by atomic mass is 10.0. The molecule has 0 amide bonds. The van der Waals surface area contributed by atoms with Crippen LogP contribution in [-0.2, 0) is 0 Å². The van der Waals surface area contributed by atoms with Crippen LogP contribution in [-0.4, -0.2) is 33.0 Å². The summed E-state index contributed by atoms with van der Waals surface area (Å²) >= 11 is 2.99. The first kappa shape index (κ1) is 13.5. The van der Waals surface area contributed by atoms with Crippen LogP contribution in [0.3, 0.4) is 0 Å². The molecule has 4 nitrogen and oxygen atoms in total. The maximum absolute atomic E-state index is 12.3. The van der Waals surface area contributed by atoms with Crippen LogP contribution in [0.4, 0.5) is 0 Å². The van der Waals surface area contributed by atoms with E-state index in [0.717, 1.165) is 11.8 Å². The molecule has 2 rings (SSSR count). The average Bonchev–Trinajstić information content (AvgIpc) is 2.39. The molecule has 0 aromatic heterocycles. The number of Topliss-reactive ketones (excluding diaryl/α,β-unsaturated/α-hetero) is 2. The van der Waals surface area contributed by atoms with Gasteiger partial charge in [-0.1, -0.05) is 0 Å². The Labute approximate surface area is 114 Å². The highest BCUT2D eigenvalue weighted by Gasteiger charge is 2.26. The fourth-order valence-corrected chi connectivity index (χ4v) is 3.81. The SMILES string of the molecule is CC(=O)c1ccc(O)c(C(=O)C2SCNCS2)c1. The van der Waals surface area contributed by atoms with Gasteiger partial charge in [0.25, 0.3) is 0 Å². The predicted octanol–water partition coefficient (Wildman–Crippen LogP) is 2.09. The topological polar surface area (TPSA) is 66.4 Å². The van der Waals surface area contributed by atoms with Crippen LogP contribution in [0.25, 0.3) is 0 Å². The Balaban J connectivity index is 2.28. The van der Waals surface area contributed by atoms with Crippen LogP contribution in [0.5, 0.6) is 5.75 Å². The molecular weight excluding hydrogens is 270 g/mol. The van der Waals surface area contributed by atoms with Crippen molar-refractivity contribution in [2.75, 3.05) is 11.8 Å².